The predicted octanol–water partition coefficient (Wildman–Crippen LogP) is 1.40. The van der Waals surface area contributed by atoms with Crippen LogP contribution in [0.4, 0.5) is 0 Å². The molecule has 0 atom stereocenters. The first-order valence-electron chi connectivity index (χ1n) is 6.10. The summed E-state index contributed by atoms with van der Waals surface area (Å²) >= 11 is 0. The number of nitrogens with two attached hydrogens (primary N) is 1. The highest BCUT2D eigenvalue weighted by atomic mass is 15.3. The molecule has 0 radical (unpaired) electrons. The van der Waals surface area contributed by atoms with Gasteiger partial charge in [-0.1, -0.05) is 0 Å². The lowest BCUT2D eigenvalue weighted by Crippen LogP contribution is -2.07. The molecular formula is C13H19N5. The van der Waals surface area contributed by atoms with Gasteiger partial charge in [0.05, 0.1) is 5.69 Å². The molecule has 0 fully saturated rings. The Morgan fingerprint density at radius 3 is 2.50 bits per heavy atom. The van der Waals surface area contributed by atoms with Crippen LogP contribution < -0.4 is 5.73 Å². The fourth-order valence-corrected chi connectivity index (χ4v) is 2.21. The van der Waals surface area contributed by atoms with Crippen LogP contribution in [0.2, 0.25) is 0 Å². The van der Waals surface area contributed by atoms with Gasteiger partial charge in [0.15, 0.2) is 5.82 Å². The van der Waals surface area contributed by atoms with Crippen molar-refractivity contribution in [1.82, 2.24) is 19.7 Å². The van der Waals surface area contributed by atoms with Crippen molar-refractivity contribution in [2.45, 2.75) is 34.1 Å². The van der Waals surface area contributed by atoms with Crippen LogP contribution in [0.1, 0.15) is 28.5 Å². The maximum atomic E-state index is 5.63. The highest BCUT2D eigenvalue weighted by molar-refractivity contribution is 5.33. The van der Waals surface area contributed by atoms with Gasteiger partial charge < -0.3 is 5.73 Å². The fraction of sp³-hybridized carbons (Fsp3) is 0.462. The standard InChI is InChI=1S/C13H19N5/c1-8-7-13(16-11(4)15-8)18-10(3)12(5-6-14)9(2)17-18/h7H,5-6,14H2,1-4H3. The molecule has 5 nitrogen and oxygen atoms in total. The zero-order valence-corrected chi connectivity index (χ0v) is 11.4. The fourth-order valence-electron chi connectivity index (χ4n) is 2.21. The van der Waals surface area contributed by atoms with Crippen molar-refractivity contribution >= 4 is 0 Å². The third-order valence-corrected chi connectivity index (χ3v) is 3.01. The van der Waals surface area contributed by atoms with Crippen LogP contribution in [0, 0.1) is 27.7 Å². The number of rotatable bonds is 3. The van der Waals surface area contributed by atoms with Gasteiger partial charge in [0.25, 0.3) is 0 Å². The lowest BCUT2D eigenvalue weighted by molar-refractivity contribution is 0.787. The Hall–Kier alpha value is -1.75. The second-order valence-electron chi connectivity index (χ2n) is 4.51. The van der Waals surface area contributed by atoms with E-state index >= 15 is 0 Å². The average molecular weight is 245 g/mol. The van der Waals surface area contributed by atoms with Crippen LogP contribution in [-0.4, -0.2) is 26.3 Å². The summed E-state index contributed by atoms with van der Waals surface area (Å²) in [4.78, 5) is 8.72. The Balaban J connectivity index is 2.54. The molecule has 2 N–H and O–H groups in total. The van der Waals surface area contributed by atoms with Gasteiger partial charge in [-0.05, 0) is 46.2 Å². The van der Waals surface area contributed by atoms with Gasteiger partial charge in [-0.2, -0.15) is 5.10 Å². The monoisotopic (exact) mass is 245 g/mol. The normalized spacial score (nSPS) is 10.9. The average Bonchev–Trinajstić information content (AvgIpc) is 2.56. The molecule has 0 aliphatic heterocycles. The molecule has 2 heterocycles. The van der Waals surface area contributed by atoms with E-state index < -0.39 is 0 Å². The minimum atomic E-state index is 0.634. The molecule has 0 saturated heterocycles. The van der Waals surface area contributed by atoms with Gasteiger partial charge in [0.2, 0.25) is 0 Å². The molecule has 0 aromatic carbocycles. The Morgan fingerprint density at radius 2 is 1.89 bits per heavy atom. The van der Waals surface area contributed by atoms with Crippen LogP contribution in [0.3, 0.4) is 0 Å². The van der Waals surface area contributed by atoms with Crippen LogP contribution in [0.25, 0.3) is 5.82 Å². The Labute approximate surface area is 107 Å². The van der Waals surface area contributed by atoms with Crippen LogP contribution in [0.15, 0.2) is 6.07 Å². The third-order valence-electron chi connectivity index (χ3n) is 3.01. The molecule has 0 spiro atoms. The van der Waals surface area contributed by atoms with E-state index in [9.17, 15) is 0 Å². The molecule has 0 saturated carbocycles. The van der Waals surface area contributed by atoms with E-state index in [0.717, 1.165) is 35.1 Å². The smallest absolute Gasteiger partial charge is 0.157 e. The number of aryl methyl sites for hydroxylation is 3. The minimum Gasteiger partial charge on any atom is -0.330 e. The summed E-state index contributed by atoms with van der Waals surface area (Å²) in [6, 6.07) is 1.94. The van der Waals surface area contributed by atoms with Crippen LogP contribution in [-0.2, 0) is 6.42 Å². The molecule has 96 valence electrons. The van der Waals surface area contributed by atoms with Gasteiger partial charge in [-0.15, -0.1) is 0 Å². The first-order chi connectivity index (χ1) is 8.52. The number of nitrogens with zero attached hydrogens (tertiary/aromatic N) is 4. The van der Waals surface area contributed by atoms with Crippen molar-refractivity contribution in [2.24, 2.45) is 5.73 Å². The van der Waals surface area contributed by atoms with E-state index in [2.05, 4.69) is 22.0 Å². The molecule has 2 rings (SSSR count). The van der Waals surface area contributed by atoms with Gasteiger partial charge in [0, 0.05) is 17.5 Å². The van der Waals surface area contributed by atoms with Crippen molar-refractivity contribution in [2.75, 3.05) is 6.54 Å². The van der Waals surface area contributed by atoms with Gasteiger partial charge in [0.1, 0.15) is 5.82 Å². The van der Waals surface area contributed by atoms with E-state index in [-0.39, 0.29) is 0 Å². The molecule has 0 aliphatic rings. The minimum absolute atomic E-state index is 0.634. The van der Waals surface area contributed by atoms with Crippen molar-refractivity contribution in [3.05, 3.63) is 34.5 Å². The highest BCUT2D eigenvalue weighted by Crippen LogP contribution is 2.17. The van der Waals surface area contributed by atoms with E-state index in [1.54, 1.807) is 0 Å². The third kappa shape index (κ3) is 2.26. The molecule has 0 aliphatic carbocycles. The summed E-state index contributed by atoms with van der Waals surface area (Å²) < 4.78 is 1.88. The van der Waals surface area contributed by atoms with E-state index in [1.807, 2.05) is 31.5 Å². The number of hydrogen-bond acceptors (Lipinski definition) is 4. The van der Waals surface area contributed by atoms with E-state index in [1.165, 1.54) is 5.56 Å². The van der Waals surface area contributed by atoms with Crippen molar-refractivity contribution in [3.8, 4) is 5.82 Å². The SMILES string of the molecule is Cc1cc(-n2nc(C)c(CCN)c2C)nc(C)n1. The molecule has 0 amide bonds. The van der Waals surface area contributed by atoms with Crippen LogP contribution in [0.5, 0.6) is 0 Å². The summed E-state index contributed by atoms with van der Waals surface area (Å²) in [5.74, 6) is 1.58. The zero-order valence-electron chi connectivity index (χ0n) is 11.4. The second-order valence-corrected chi connectivity index (χ2v) is 4.51. The lowest BCUT2D eigenvalue weighted by atomic mass is 10.1. The quantitative estimate of drug-likeness (QED) is 0.887. The number of aromatic nitrogens is 4. The maximum absolute atomic E-state index is 5.63. The molecule has 0 unspecified atom stereocenters. The summed E-state index contributed by atoms with van der Waals surface area (Å²) in [5.41, 5.74) is 9.92. The maximum Gasteiger partial charge on any atom is 0.157 e. The van der Waals surface area contributed by atoms with Crippen molar-refractivity contribution < 1.29 is 0 Å². The molecule has 2 aromatic rings. The van der Waals surface area contributed by atoms with Crippen molar-refractivity contribution in [1.29, 1.82) is 0 Å². The van der Waals surface area contributed by atoms with Crippen molar-refractivity contribution in [3.63, 3.8) is 0 Å². The molecular weight excluding hydrogens is 226 g/mol. The molecule has 2 aromatic heterocycles. The topological polar surface area (TPSA) is 69.6 Å². The largest absolute Gasteiger partial charge is 0.330 e. The van der Waals surface area contributed by atoms with Gasteiger partial charge in [-0.3, -0.25) is 0 Å². The Kier molecular flexibility index (Phi) is 3.43. The number of hydrogen-bond donors (Lipinski definition) is 1. The summed E-state index contributed by atoms with van der Waals surface area (Å²) in [5, 5.41) is 4.55. The lowest BCUT2D eigenvalue weighted by Gasteiger charge is -2.06. The molecule has 5 heteroatoms. The summed E-state index contributed by atoms with van der Waals surface area (Å²) in [7, 11) is 0. The zero-order chi connectivity index (χ0) is 13.3. The first kappa shape index (κ1) is 12.7. The second kappa shape index (κ2) is 4.86. The summed E-state index contributed by atoms with van der Waals surface area (Å²) in [6.07, 6.45) is 0.848. The van der Waals surface area contributed by atoms with E-state index in [4.69, 9.17) is 5.73 Å². The predicted molar refractivity (Wildman–Crippen MR) is 70.9 cm³/mol. The Bertz CT molecular complexity index is 551. The van der Waals surface area contributed by atoms with E-state index in [0.29, 0.717) is 6.54 Å². The molecule has 0 bridgehead atoms. The Morgan fingerprint density at radius 1 is 1.17 bits per heavy atom. The van der Waals surface area contributed by atoms with Gasteiger partial charge >= 0.3 is 0 Å². The highest BCUT2D eigenvalue weighted by Gasteiger charge is 2.13. The van der Waals surface area contributed by atoms with Gasteiger partial charge in [-0.25, -0.2) is 14.6 Å². The van der Waals surface area contributed by atoms with Crippen LogP contribution >= 0.6 is 0 Å². The summed E-state index contributed by atoms with van der Waals surface area (Å²) in [6.45, 7) is 8.55. The first-order valence-corrected chi connectivity index (χ1v) is 6.10. The molecule has 18 heavy (non-hydrogen) atoms.